The molecule has 0 amide bonds. The number of ether oxygens (including phenoxy) is 1. The number of guanidine groups is 1. The monoisotopic (exact) mass is 529 g/mol. The maximum absolute atomic E-state index is 13.7. The predicted molar refractivity (Wildman–Crippen MR) is 112 cm³/mol. The summed E-state index contributed by atoms with van der Waals surface area (Å²) in [6.07, 6.45) is 2.21. The number of aliphatic hydroxyl groups excluding tert-OH is 1. The van der Waals surface area contributed by atoms with Gasteiger partial charge in [0.1, 0.15) is 5.82 Å². The highest BCUT2D eigenvalue weighted by molar-refractivity contribution is 14.0. The zero-order valence-corrected chi connectivity index (χ0v) is 18.3. The molecule has 25 heavy (non-hydrogen) atoms. The van der Waals surface area contributed by atoms with Gasteiger partial charge in [-0.15, -0.1) is 24.0 Å². The fraction of sp³-hybridized carbons (Fsp3) is 0.588. The largest absolute Gasteiger partial charge is 0.396 e. The van der Waals surface area contributed by atoms with Crippen LogP contribution in [0.3, 0.4) is 0 Å². The summed E-state index contributed by atoms with van der Waals surface area (Å²) in [7, 11) is 1.71. The van der Waals surface area contributed by atoms with Crippen molar-refractivity contribution in [3.05, 3.63) is 34.1 Å². The Hall–Kier alpha value is -0.450. The minimum absolute atomic E-state index is 0. The standard InChI is InChI=1S/C17H25BrFN3O2.HI/c1-20-16(22-11-17(5-8-23)6-9-24-12-17)21-7-4-13-10-14(18)2-3-15(13)19;/h2-3,10,23H,4-9,11-12H2,1H3,(H2,20,21,22);1H. The van der Waals surface area contributed by atoms with Crippen LogP contribution in [0.5, 0.6) is 0 Å². The van der Waals surface area contributed by atoms with E-state index in [0.29, 0.717) is 44.1 Å². The van der Waals surface area contributed by atoms with E-state index in [4.69, 9.17) is 4.74 Å². The van der Waals surface area contributed by atoms with E-state index in [1.54, 1.807) is 19.2 Å². The van der Waals surface area contributed by atoms with Crippen molar-refractivity contribution in [3.63, 3.8) is 0 Å². The number of aliphatic hydroxyl groups is 1. The lowest BCUT2D eigenvalue weighted by atomic mass is 9.84. The van der Waals surface area contributed by atoms with Gasteiger partial charge in [-0.25, -0.2) is 4.39 Å². The molecule has 0 aliphatic carbocycles. The molecule has 1 aliphatic rings. The number of nitrogens with zero attached hydrogens (tertiary/aromatic N) is 1. The van der Waals surface area contributed by atoms with Crippen molar-refractivity contribution < 1.29 is 14.2 Å². The SMILES string of the molecule is CN=C(NCCc1cc(Br)ccc1F)NCC1(CCO)CCOC1.I. The van der Waals surface area contributed by atoms with Crippen molar-refractivity contribution >= 4 is 45.9 Å². The molecule has 1 fully saturated rings. The summed E-state index contributed by atoms with van der Waals surface area (Å²) < 4.78 is 20.1. The van der Waals surface area contributed by atoms with Crippen LogP contribution in [0.15, 0.2) is 27.7 Å². The van der Waals surface area contributed by atoms with Crippen LogP contribution >= 0.6 is 39.9 Å². The van der Waals surface area contributed by atoms with Gasteiger partial charge in [-0.3, -0.25) is 4.99 Å². The summed E-state index contributed by atoms with van der Waals surface area (Å²) in [4.78, 5) is 4.20. The molecule has 1 aromatic carbocycles. The van der Waals surface area contributed by atoms with E-state index in [0.717, 1.165) is 17.5 Å². The van der Waals surface area contributed by atoms with E-state index in [9.17, 15) is 9.50 Å². The molecule has 0 bridgehead atoms. The smallest absolute Gasteiger partial charge is 0.191 e. The molecule has 0 aromatic heterocycles. The Balaban J connectivity index is 0.00000312. The second-order valence-electron chi connectivity index (χ2n) is 6.11. The highest BCUT2D eigenvalue weighted by Gasteiger charge is 2.34. The molecule has 3 N–H and O–H groups in total. The third kappa shape index (κ3) is 6.99. The van der Waals surface area contributed by atoms with Crippen LogP contribution in [-0.4, -0.2) is 51.0 Å². The third-order valence-corrected chi connectivity index (χ3v) is 4.87. The fourth-order valence-corrected chi connectivity index (χ4v) is 3.26. The Kier molecular flexibility index (Phi) is 10.2. The quantitative estimate of drug-likeness (QED) is 0.289. The first-order valence-corrected chi connectivity index (χ1v) is 8.95. The number of hydrogen-bond donors (Lipinski definition) is 3. The zero-order chi connectivity index (χ0) is 17.4. The summed E-state index contributed by atoms with van der Waals surface area (Å²) in [5.41, 5.74) is 0.622. The van der Waals surface area contributed by atoms with E-state index in [1.807, 2.05) is 0 Å². The molecule has 1 heterocycles. The third-order valence-electron chi connectivity index (χ3n) is 4.38. The van der Waals surface area contributed by atoms with Gasteiger partial charge < -0.3 is 20.5 Å². The second kappa shape index (κ2) is 11.3. The van der Waals surface area contributed by atoms with Crippen molar-refractivity contribution in [3.8, 4) is 0 Å². The van der Waals surface area contributed by atoms with Gasteiger partial charge in [-0.2, -0.15) is 0 Å². The fourth-order valence-electron chi connectivity index (χ4n) is 2.85. The minimum atomic E-state index is -0.201. The molecule has 8 heteroatoms. The molecule has 0 radical (unpaired) electrons. The van der Waals surface area contributed by atoms with Crippen molar-refractivity contribution in [1.82, 2.24) is 10.6 Å². The maximum Gasteiger partial charge on any atom is 0.191 e. The average Bonchev–Trinajstić information content (AvgIpc) is 3.03. The molecule has 1 unspecified atom stereocenters. The van der Waals surface area contributed by atoms with Crippen LogP contribution in [0, 0.1) is 11.2 Å². The molecule has 1 aliphatic heterocycles. The number of nitrogens with one attached hydrogen (secondary N) is 2. The van der Waals surface area contributed by atoms with E-state index >= 15 is 0 Å². The first-order chi connectivity index (χ1) is 11.6. The number of benzene rings is 1. The summed E-state index contributed by atoms with van der Waals surface area (Å²) >= 11 is 3.36. The summed E-state index contributed by atoms with van der Waals surface area (Å²) in [6, 6.07) is 4.95. The van der Waals surface area contributed by atoms with Crippen LogP contribution in [0.1, 0.15) is 18.4 Å². The lowest BCUT2D eigenvalue weighted by Crippen LogP contribution is -2.45. The van der Waals surface area contributed by atoms with E-state index in [2.05, 4.69) is 31.6 Å². The van der Waals surface area contributed by atoms with Crippen molar-refractivity contribution in [1.29, 1.82) is 0 Å². The molecule has 2 rings (SSSR count). The van der Waals surface area contributed by atoms with Crippen LogP contribution in [0.25, 0.3) is 0 Å². The Morgan fingerprint density at radius 2 is 2.24 bits per heavy atom. The number of hydrogen-bond acceptors (Lipinski definition) is 3. The Morgan fingerprint density at radius 1 is 1.44 bits per heavy atom. The molecule has 0 saturated carbocycles. The van der Waals surface area contributed by atoms with Gasteiger partial charge in [0, 0.05) is 43.2 Å². The van der Waals surface area contributed by atoms with Crippen molar-refractivity contribution in [2.45, 2.75) is 19.3 Å². The lowest BCUT2D eigenvalue weighted by molar-refractivity contribution is 0.127. The van der Waals surface area contributed by atoms with Crippen LogP contribution in [-0.2, 0) is 11.2 Å². The first kappa shape index (κ1) is 22.6. The van der Waals surface area contributed by atoms with Crippen molar-refractivity contribution in [2.24, 2.45) is 10.4 Å². The Morgan fingerprint density at radius 3 is 2.88 bits per heavy atom. The number of halogens is 3. The van der Waals surface area contributed by atoms with Crippen LogP contribution < -0.4 is 10.6 Å². The lowest BCUT2D eigenvalue weighted by Gasteiger charge is -2.27. The molecule has 1 atom stereocenters. The molecular weight excluding hydrogens is 504 g/mol. The molecule has 5 nitrogen and oxygen atoms in total. The second-order valence-corrected chi connectivity index (χ2v) is 7.03. The van der Waals surface area contributed by atoms with Crippen LogP contribution in [0.2, 0.25) is 0 Å². The van der Waals surface area contributed by atoms with Gasteiger partial charge >= 0.3 is 0 Å². The molecular formula is C17H26BrFIN3O2. The first-order valence-electron chi connectivity index (χ1n) is 8.16. The normalized spacial score (nSPS) is 20.2. The topological polar surface area (TPSA) is 65.9 Å². The van der Waals surface area contributed by atoms with Gasteiger partial charge in [0.15, 0.2) is 5.96 Å². The number of aliphatic imine (C=N–C) groups is 1. The number of rotatable bonds is 7. The van der Waals surface area contributed by atoms with E-state index in [1.165, 1.54) is 6.07 Å². The van der Waals surface area contributed by atoms with Gasteiger partial charge in [0.05, 0.1) is 6.61 Å². The van der Waals surface area contributed by atoms with Crippen LogP contribution in [0.4, 0.5) is 4.39 Å². The highest BCUT2D eigenvalue weighted by Crippen LogP contribution is 2.31. The summed E-state index contributed by atoms with van der Waals surface area (Å²) in [6.45, 7) is 2.81. The summed E-state index contributed by atoms with van der Waals surface area (Å²) in [5, 5.41) is 15.8. The minimum Gasteiger partial charge on any atom is -0.396 e. The average molecular weight is 530 g/mol. The van der Waals surface area contributed by atoms with Gasteiger partial charge in [-0.05, 0) is 43.0 Å². The molecule has 142 valence electrons. The zero-order valence-electron chi connectivity index (χ0n) is 14.4. The van der Waals surface area contributed by atoms with Gasteiger partial charge in [-0.1, -0.05) is 15.9 Å². The van der Waals surface area contributed by atoms with E-state index < -0.39 is 0 Å². The molecule has 1 aromatic rings. The maximum atomic E-state index is 13.7. The summed E-state index contributed by atoms with van der Waals surface area (Å²) in [5.74, 6) is 0.475. The Labute approximate surface area is 174 Å². The van der Waals surface area contributed by atoms with Crippen molar-refractivity contribution in [2.75, 3.05) is 40.0 Å². The Bertz CT molecular complexity index is 569. The van der Waals surface area contributed by atoms with E-state index in [-0.39, 0.29) is 41.8 Å². The highest BCUT2D eigenvalue weighted by atomic mass is 127. The van der Waals surface area contributed by atoms with Gasteiger partial charge in [0.25, 0.3) is 0 Å². The molecule has 0 spiro atoms. The van der Waals surface area contributed by atoms with Gasteiger partial charge in [0.2, 0.25) is 0 Å². The molecule has 1 saturated heterocycles. The predicted octanol–water partition coefficient (Wildman–Crippen LogP) is 2.70.